The molecule has 2 rings (SSSR count). The Morgan fingerprint density at radius 1 is 0.773 bits per heavy atom. The fourth-order valence-electron chi connectivity index (χ4n) is 2.52. The molecule has 0 atom stereocenters. The SMILES string of the molecule is CCCCc1ccc(CCCC)c(C#Cc2ccccc2)c1. The van der Waals surface area contributed by atoms with E-state index in [1.165, 1.54) is 42.4 Å². The van der Waals surface area contributed by atoms with Gasteiger partial charge in [-0.3, -0.25) is 0 Å². The normalized spacial score (nSPS) is 10.1. The Kier molecular flexibility index (Phi) is 6.78. The van der Waals surface area contributed by atoms with E-state index < -0.39 is 0 Å². The Bertz CT molecular complexity index is 626. The predicted octanol–water partition coefficient (Wildman–Crippen LogP) is 5.77. The van der Waals surface area contributed by atoms with Crippen LogP contribution in [0.1, 0.15) is 61.8 Å². The molecule has 0 N–H and O–H groups in total. The molecular weight excluding hydrogens is 264 g/mol. The van der Waals surface area contributed by atoms with E-state index in [2.05, 4.69) is 56.0 Å². The summed E-state index contributed by atoms with van der Waals surface area (Å²) in [4.78, 5) is 0. The summed E-state index contributed by atoms with van der Waals surface area (Å²) in [5.41, 5.74) is 5.11. The monoisotopic (exact) mass is 290 g/mol. The highest BCUT2D eigenvalue weighted by Crippen LogP contribution is 2.16. The molecule has 2 aromatic carbocycles. The van der Waals surface area contributed by atoms with Gasteiger partial charge in [-0.1, -0.05) is 68.9 Å². The van der Waals surface area contributed by atoms with Crippen molar-refractivity contribution >= 4 is 0 Å². The maximum atomic E-state index is 3.41. The maximum absolute atomic E-state index is 3.41. The standard InChI is InChI=1S/C22H26/c1-3-5-10-20-15-16-21(13-6-4-2)22(18-20)17-14-19-11-8-7-9-12-19/h7-9,11-12,15-16,18H,3-6,10,13H2,1-2H3. The van der Waals surface area contributed by atoms with Gasteiger partial charge in [0.15, 0.2) is 0 Å². The van der Waals surface area contributed by atoms with Crippen molar-refractivity contribution in [1.82, 2.24) is 0 Å². The smallest absolute Gasteiger partial charge is 0.0283 e. The second kappa shape index (κ2) is 9.11. The summed E-state index contributed by atoms with van der Waals surface area (Å²) >= 11 is 0. The van der Waals surface area contributed by atoms with Crippen LogP contribution in [0.4, 0.5) is 0 Å². The molecule has 0 nitrogen and oxygen atoms in total. The van der Waals surface area contributed by atoms with Crippen molar-refractivity contribution in [1.29, 1.82) is 0 Å². The van der Waals surface area contributed by atoms with Crippen molar-refractivity contribution < 1.29 is 0 Å². The fraction of sp³-hybridized carbons (Fsp3) is 0.364. The van der Waals surface area contributed by atoms with Crippen LogP contribution in [-0.4, -0.2) is 0 Å². The molecule has 0 heterocycles. The van der Waals surface area contributed by atoms with E-state index in [4.69, 9.17) is 0 Å². The van der Waals surface area contributed by atoms with E-state index >= 15 is 0 Å². The van der Waals surface area contributed by atoms with E-state index in [9.17, 15) is 0 Å². The van der Waals surface area contributed by atoms with Gasteiger partial charge in [0.05, 0.1) is 0 Å². The summed E-state index contributed by atoms with van der Waals surface area (Å²) in [5.74, 6) is 6.72. The summed E-state index contributed by atoms with van der Waals surface area (Å²) in [6.45, 7) is 4.48. The molecule has 0 spiro atoms. The third-order valence-electron chi connectivity index (χ3n) is 3.91. The van der Waals surface area contributed by atoms with E-state index in [1.54, 1.807) is 0 Å². The molecule has 0 radical (unpaired) electrons. The third kappa shape index (κ3) is 5.08. The average molecular weight is 290 g/mol. The Morgan fingerprint density at radius 3 is 2.23 bits per heavy atom. The molecular formula is C22H26. The van der Waals surface area contributed by atoms with Gasteiger partial charge in [-0.2, -0.15) is 0 Å². The summed E-state index contributed by atoms with van der Waals surface area (Å²) < 4.78 is 0. The van der Waals surface area contributed by atoms with Crippen molar-refractivity contribution in [3.8, 4) is 11.8 Å². The number of hydrogen-bond acceptors (Lipinski definition) is 0. The van der Waals surface area contributed by atoms with E-state index in [0.717, 1.165) is 18.4 Å². The van der Waals surface area contributed by atoms with Gasteiger partial charge in [-0.25, -0.2) is 0 Å². The molecule has 0 saturated heterocycles. The second-order valence-electron chi connectivity index (χ2n) is 5.81. The lowest BCUT2D eigenvalue weighted by atomic mass is 9.97. The lowest BCUT2D eigenvalue weighted by Gasteiger charge is -2.07. The molecule has 0 aliphatic heterocycles. The lowest BCUT2D eigenvalue weighted by molar-refractivity contribution is 0.784. The van der Waals surface area contributed by atoms with E-state index in [0.29, 0.717) is 0 Å². The topological polar surface area (TPSA) is 0 Å². The average Bonchev–Trinajstić information content (AvgIpc) is 2.58. The van der Waals surface area contributed by atoms with E-state index in [1.807, 2.05) is 18.2 Å². The molecule has 2 aromatic rings. The molecule has 0 heteroatoms. The van der Waals surface area contributed by atoms with Gasteiger partial charge >= 0.3 is 0 Å². The van der Waals surface area contributed by atoms with Gasteiger partial charge in [0.1, 0.15) is 0 Å². The van der Waals surface area contributed by atoms with Crippen LogP contribution >= 0.6 is 0 Å². The highest BCUT2D eigenvalue weighted by molar-refractivity contribution is 5.48. The molecule has 0 fully saturated rings. The Labute approximate surface area is 135 Å². The summed E-state index contributed by atoms with van der Waals surface area (Å²) in [6, 6.07) is 17.1. The molecule has 0 aliphatic rings. The summed E-state index contributed by atoms with van der Waals surface area (Å²) in [7, 11) is 0. The zero-order valence-corrected chi connectivity index (χ0v) is 13.9. The largest absolute Gasteiger partial charge is 0.0654 e. The lowest BCUT2D eigenvalue weighted by Crippen LogP contribution is -1.94. The zero-order valence-electron chi connectivity index (χ0n) is 13.9. The highest BCUT2D eigenvalue weighted by Gasteiger charge is 2.02. The van der Waals surface area contributed by atoms with Crippen molar-refractivity contribution in [2.75, 3.05) is 0 Å². The quantitative estimate of drug-likeness (QED) is 0.592. The minimum atomic E-state index is 1.09. The molecule has 0 aromatic heterocycles. The van der Waals surface area contributed by atoms with Crippen LogP contribution < -0.4 is 0 Å². The summed E-state index contributed by atoms with van der Waals surface area (Å²) in [6.07, 6.45) is 7.23. The minimum Gasteiger partial charge on any atom is -0.0654 e. The predicted molar refractivity (Wildman–Crippen MR) is 96.1 cm³/mol. The van der Waals surface area contributed by atoms with E-state index in [-0.39, 0.29) is 0 Å². The van der Waals surface area contributed by atoms with Gasteiger partial charge in [0, 0.05) is 11.1 Å². The number of unbranched alkanes of at least 4 members (excludes halogenated alkanes) is 2. The van der Waals surface area contributed by atoms with Crippen molar-refractivity contribution in [3.63, 3.8) is 0 Å². The summed E-state index contributed by atoms with van der Waals surface area (Å²) in [5, 5.41) is 0. The molecule has 0 amide bonds. The highest BCUT2D eigenvalue weighted by atomic mass is 14.1. The van der Waals surface area contributed by atoms with Crippen LogP contribution in [0.3, 0.4) is 0 Å². The molecule has 0 unspecified atom stereocenters. The van der Waals surface area contributed by atoms with Gasteiger partial charge in [-0.05, 0) is 55.0 Å². The third-order valence-corrected chi connectivity index (χ3v) is 3.91. The number of hydrogen-bond donors (Lipinski definition) is 0. The molecule has 0 saturated carbocycles. The van der Waals surface area contributed by atoms with Gasteiger partial charge in [0.25, 0.3) is 0 Å². The van der Waals surface area contributed by atoms with Gasteiger partial charge in [-0.15, -0.1) is 0 Å². The van der Waals surface area contributed by atoms with Crippen LogP contribution in [0.5, 0.6) is 0 Å². The number of benzene rings is 2. The first-order valence-corrected chi connectivity index (χ1v) is 8.52. The zero-order chi connectivity index (χ0) is 15.6. The van der Waals surface area contributed by atoms with Crippen LogP contribution in [-0.2, 0) is 12.8 Å². The maximum Gasteiger partial charge on any atom is 0.0283 e. The molecule has 22 heavy (non-hydrogen) atoms. The first kappa shape index (κ1) is 16.4. The molecule has 114 valence electrons. The Morgan fingerprint density at radius 2 is 1.50 bits per heavy atom. The van der Waals surface area contributed by atoms with Crippen molar-refractivity contribution in [2.24, 2.45) is 0 Å². The van der Waals surface area contributed by atoms with Crippen molar-refractivity contribution in [2.45, 2.75) is 52.4 Å². The second-order valence-corrected chi connectivity index (χ2v) is 5.81. The van der Waals surface area contributed by atoms with Gasteiger partial charge in [0.2, 0.25) is 0 Å². The number of rotatable bonds is 6. The van der Waals surface area contributed by atoms with Crippen LogP contribution in [0.2, 0.25) is 0 Å². The molecule has 0 bridgehead atoms. The van der Waals surface area contributed by atoms with Crippen LogP contribution in [0.25, 0.3) is 0 Å². The molecule has 0 aliphatic carbocycles. The van der Waals surface area contributed by atoms with Crippen LogP contribution in [0.15, 0.2) is 48.5 Å². The van der Waals surface area contributed by atoms with Crippen molar-refractivity contribution in [3.05, 3.63) is 70.8 Å². The minimum absolute atomic E-state index is 1.09. The Hall–Kier alpha value is -2.00. The first-order chi connectivity index (χ1) is 10.8. The Balaban J connectivity index is 2.26. The number of aryl methyl sites for hydroxylation is 2. The van der Waals surface area contributed by atoms with Crippen LogP contribution in [0, 0.1) is 11.8 Å². The van der Waals surface area contributed by atoms with Gasteiger partial charge < -0.3 is 0 Å². The fourth-order valence-corrected chi connectivity index (χ4v) is 2.52. The first-order valence-electron chi connectivity index (χ1n) is 8.52.